The van der Waals surface area contributed by atoms with E-state index in [-0.39, 0.29) is 5.82 Å². The Morgan fingerprint density at radius 3 is 2.21 bits per heavy atom. The van der Waals surface area contributed by atoms with Crippen LogP contribution in [-0.4, -0.2) is 48.9 Å². The summed E-state index contributed by atoms with van der Waals surface area (Å²) in [7, 11) is -3.50. The first-order valence-electron chi connectivity index (χ1n) is 9.02. The van der Waals surface area contributed by atoms with Gasteiger partial charge in [-0.2, -0.15) is 4.31 Å². The summed E-state index contributed by atoms with van der Waals surface area (Å²) in [5, 5.41) is 0. The summed E-state index contributed by atoms with van der Waals surface area (Å²) < 4.78 is 41.4. The molecule has 3 aromatic rings. The van der Waals surface area contributed by atoms with E-state index in [0.717, 1.165) is 15.0 Å². The average molecular weight is 524 g/mol. The monoisotopic (exact) mass is 524 g/mol. The summed E-state index contributed by atoms with van der Waals surface area (Å²) in [6.07, 6.45) is 1.47. The van der Waals surface area contributed by atoms with Gasteiger partial charge in [0.2, 0.25) is 10.0 Å². The third-order valence-corrected chi connectivity index (χ3v) is 7.44. The molecule has 1 aliphatic rings. The number of rotatable bonds is 4. The number of hydrogen-bond acceptors (Lipinski definition) is 5. The molecule has 9 heteroatoms. The molecule has 0 spiro atoms. The smallest absolute Gasteiger partial charge is 0.243 e. The molecule has 2 heterocycles. The summed E-state index contributed by atoms with van der Waals surface area (Å²) in [5.74, 6) is 0.430. The molecule has 0 amide bonds. The van der Waals surface area contributed by atoms with Crippen molar-refractivity contribution in [1.82, 2.24) is 14.3 Å². The minimum atomic E-state index is -3.50. The summed E-state index contributed by atoms with van der Waals surface area (Å²) in [5.41, 5.74) is 1.50. The van der Waals surface area contributed by atoms with Gasteiger partial charge in [0, 0.05) is 41.4 Å². The minimum absolute atomic E-state index is 0.298. The molecule has 6 nitrogen and oxygen atoms in total. The average Bonchev–Trinajstić information content (AvgIpc) is 2.75. The van der Waals surface area contributed by atoms with Gasteiger partial charge in [0.15, 0.2) is 0 Å². The third-order valence-electron chi connectivity index (χ3n) is 4.81. The molecule has 0 N–H and O–H groups in total. The Hall–Kier alpha value is -2.11. The predicted molar refractivity (Wildman–Crippen MR) is 118 cm³/mol. The van der Waals surface area contributed by atoms with Crippen LogP contribution in [0.2, 0.25) is 0 Å². The van der Waals surface area contributed by atoms with Crippen molar-refractivity contribution in [2.75, 3.05) is 31.1 Å². The van der Waals surface area contributed by atoms with Crippen LogP contribution in [0.3, 0.4) is 0 Å². The zero-order valence-electron chi connectivity index (χ0n) is 15.4. The molecule has 1 aromatic heterocycles. The number of halogens is 2. The number of benzene rings is 2. The second kappa shape index (κ2) is 8.33. The van der Waals surface area contributed by atoms with E-state index in [4.69, 9.17) is 0 Å². The van der Waals surface area contributed by atoms with Crippen LogP contribution in [-0.2, 0) is 10.0 Å². The summed E-state index contributed by atoms with van der Waals surface area (Å²) >= 11 is 2.15. The van der Waals surface area contributed by atoms with Gasteiger partial charge in [-0.15, -0.1) is 0 Å². The second-order valence-corrected chi connectivity index (χ2v) is 9.80. The van der Waals surface area contributed by atoms with Gasteiger partial charge in [-0.1, -0.05) is 0 Å². The second-order valence-electron chi connectivity index (χ2n) is 6.61. The standard InChI is InChI=1S/C20H18FIN4O2S/c21-16-3-1-15(2-4-16)19-13-20(24-14-23-19)25-9-11-26(12-10-25)29(27,28)18-7-5-17(22)6-8-18/h1-8,13-14H,9-12H2. The van der Waals surface area contributed by atoms with Gasteiger partial charge in [0.1, 0.15) is 18.0 Å². The maximum Gasteiger partial charge on any atom is 0.243 e. The fraction of sp³-hybridized carbons (Fsp3) is 0.200. The van der Waals surface area contributed by atoms with E-state index in [1.54, 1.807) is 36.4 Å². The van der Waals surface area contributed by atoms with Crippen LogP contribution in [0.15, 0.2) is 65.8 Å². The molecule has 0 atom stereocenters. The Morgan fingerprint density at radius 2 is 1.55 bits per heavy atom. The van der Waals surface area contributed by atoms with E-state index in [0.29, 0.717) is 36.8 Å². The van der Waals surface area contributed by atoms with Crippen LogP contribution in [0.1, 0.15) is 0 Å². The maximum atomic E-state index is 13.2. The molecule has 1 aliphatic heterocycles. The number of anilines is 1. The van der Waals surface area contributed by atoms with Gasteiger partial charge in [-0.3, -0.25) is 0 Å². The van der Waals surface area contributed by atoms with Crippen molar-refractivity contribution < 1.29 is 12.8 Å². The van der Waals surface area contributed by atoms with Gasteiger partial charge in [0.25, 0.3) is 0 Å². The van der Waals surface area contributed by atoms with Crippen molar-refractivity contribution in [1.29, 1.82) is 0 Å². The van der Waals surface area contributed by atoms with Gasteiger partial charge < -0.3 is 4.90 Å². The fourth-order valence-electron chi connectivity index (χ4n) is 3.21. The van der Waals surface area contributed by atoms with Crippen LogP contribution in [0, 0.1) is 9.39 Å². The molecule has 1 saturated heterocycles. The van der Waals surface area contributed by atoms with Crippen molar-refractivity contribution in [2.24, 2.45) is 0 Å². The number of sulfonamides is 1. The van der Waals surface area contributed by atoms with E-state index >= 15 is 0 Å². The Labute approximate surface area is 182 Å². The normalized spacial score (nSPS) is 15.4. The highest BCUT2D eigenvalue weighted by molar-refractivity contribution is 14.1. The lowest BCUT2D eigenvalue weighted by molar-refractivity contribution is 0.384. The molecular formula is C20H18FIN4O2S. The zero-order chi connectivity index (χ0) is 20.4. The topological polar surface area (TPSA) is 66.4 Å². The van der Waals surface area contributed by atoms with Gasteiger partial charge in [-0.25, -0.2) is 22.8 Å². The van der Waals surface area contributed by atoms with Crippen molar-refractivity contribution >= 4 is 38.4 Å². The Balaban J connectivity index is 1.48. The lowest BCUT2D eigenvalue weighted by Gasteiger charge is -2.34. The lowest BCUT2D eigenvalue weighted by atomic mass is 10.1. The number of piperazine rings is 1. The van der Waals surface area contributed by atoms with Crippen LogP contribution in [0.4, 0.5) is 10.2 Å². The largest absolute Gasteiger partial charge is 0.354 e. The molecule has 2 aromatic carbocycles. The first-order chi connectivity index (χ1) is 13.9. The van der Waals surface area contributed by atoms with Crippen molar-refractivity contribution in [3.8, 4) is 11.3 Å². The Bertz CT molecular complexity index is 1100. The molecule has 4 rings (SSSR count). The number of hydrogen-bond donors (Lipinski definition) is 0. The van der Waals surface area contributed by atoms with Gasteiger partial charge in [-0.05, 0) is 71.1 Å². The van der Waals surface area contributed by atoms with Crippen LogP contribution in [0.5, 0.6) is 0 Å². The third kappa shape index (κ3) is 4.41. The quantitative estimate of drug-likeness (QED) is 0.490. The van der Waals surface area contributed by atoms with E-state index < -0.39 is 10.0 Å². The maximum absolute atomic E-state index is 13.2. The van der Waals surface area contributed by atoms with Gasteiger partial charge in [0.05, 0.1) is 10.6 Å². The molecule has 0 radical (unpaired) electrons. The highest BCUT2D eigenvalue weighted by Crippen LogP contribution is 2.24. The molecule has 0 bridgehead atoms. The Morgan fingerprint density at radius 1 is 0.897 bits per heavy atom. The molecule has 150 valence electrons. The highest BCUT2D eigenvalue weighted by atomic mass is 127. The van der Waals surface area contributed by atoms with Crippen molar-refractivity contribution in [3.05, 3.63) is 70.3 Å². The number of aromatic nitrogens is 2. The zero-order valence-corrected chi connectivity index (χ0v) is 18.3. The summed E-state index contributed by atoms with van der Waals surface area (Å²) in [4.78, 5) is 10.9. The fourth-order valence-corrected chi connectivity index (χ4v) is 4.99. The molecule has 29 heavy (non-hydrogen) atoms. The predicted octanol–water partition coefficient (Wildman–Crippen LogP) is 3.40. The molecule has 1 fully saturated rings. The van der Waals surface area contributed by atoms with E-state index in [1.165, 1.54) is 22.8 Å². The van der Waals surface area contributed by atoms with Crippen LogP contribution < -0.4 is 4.90 Å². The minimum Gasteiger partial charge on any atom is -0.354 e. The molecule has 0 unspecified atom stereocenters. The SMILES string of the molecule is O=S(=O)(c1ccc(I)cc1)N1CCN(c2cc(-c3ccc(F)cc3)ncn2)CC1. The molecule has 0 saturated carbocycles. The van der Waals surface area contributed by atoms with Crippen molar-refractivity contribution in [2.45, 2.75) is 4.90 Å². The highest BCUT2D eigenvalue weighted by Gasteiger charge is 2.29. The first kappa shape index (κ1) is 20.2. The van der Waals surface area contributed by atoms with Gasteiger partial charge >= 0.3 is 0 Å². The summed E-state index contributed by atoms with van der Waals surface area (Å²) in [6.45, 7) is 1.82. The Kier molecular flexibility index (Phi) is 5.79. The van der Waals surface area contributed by atoms with E-state index in [1.807, 2.05) is 11.0 Å². The number of nitrogens with zero attached hydrogens (tertiary/aromatic N) is 4. The molecular weight excluding hydrogens is 506 g/mol. The van der Waals surface area contributed by atoms with Crippen LogP contribution >= 0.6 is 22.6 Å². The molecule has 0 aliphatic carbocycles. The first-order valence-corrected chi connectivity index (χ1v) is 11.5. The van der Waals surface area contributed by atoms with E-state index in [2.05, 4.69) is 32.6 Å². The van der Waals surface area contributed by atoms with E-state index in [9.17, 15) is 12.8 Å². The summed E-state index contributed by atoms with van der Waals surface area (Å²) in [6, 6.07) is 14.8. The van der Waals surface area contributed by atoms with Crippen LogP contribution in [0.25, 0.3) is 11.3 Å². The van der Waals surface area contributed by atoms with Crippen molar-refractivity contribution in [3.63, 3.8) is 0 Å². The lowest BCUT2D eigenvalue weighted by Crippen LogP contribution is -2.48.